The molecule has 0 aliphatic carbocycles. The summed E-state index contributed by atoms with van der Waals surface area (Å²) in [5, 5.41) is 7.67. The van der Waals surface area contributed by atoms with Crippen molar-refractivity contribution in [2.45, 2.75) is 6.54 Å². The topological polar surface area (TPSA) is 54.9 Å². The minimum atomic E-state index is 0.266. The molecule has 0 unspecified atom stereocenters. The van der Waals surface area contributed by atoms with Crippen molar-refractivity contribution in [2.24, 2.45) is 5.10 Å². The number of nitrogens with one attached hydrogen (secondary N) is 2. The predicted octanol–water partition coefficient (Wildman–Crippen LogP) is 2.41. The van der Waals surface area contributed by atoms with E-state index in [2.05, 4.69) is 15.8 Å². The van der Waals surface area contributed by atoms with Crippen molar-refractivity contribution in [3.63, 3.8) is 0 Å². The maximum absolute atomic E-state index is 5.31. The van der Waals surface area contributed by atoms with E-state index in [-0.39, 0.29) is 6.79 Å². The fourth-order valence-electron chi connectivity index (χ4n) is 1.98. The SMILES string of the molecule is S=C(NCc1ccccc1)NN=Cc1ccc2c(c1)OCO2. The molecule has 1 aliphatic heterocycles. The molecule has 0 atom stereocenters. The lowest BCUT2D eigenvalue weighted by Crippen LogP contribution is -2.31. The Bertz CT molecular complexity index is 689. The summed E-state index contributed by atoms with van der Waals surface area (Å²) in [6.07, 6.45) is 1.68. The van der Waals surface area contributed by atoms with Crippen molar-refractivity contribution in [3.8, 4) is 11.5 Å². The van der Waals surface area contributed by atoms with E-state index in [0.29, 0.717) is 11.7 Å². The minimum absolute atomic E-state index is 0.266. The number of ether oxygens (including phenoxy) is 2. The molecule has 2 N–H and O–H groups in total. The molecule has 5 nitrogen and oxygen atoms in total. The van der Waals surface area contributed by atoms with Gasteiger partial charge in [0, 0.05) is 6.54 Å². The molecule has 0 spiro atoms. The normalized spacial score (nSPS) is 12.4. The Kier molecular flexibility index (Phi) is 4.50. The number of rotatable bonds is 4. The quantitative estimate of drug-likeness (QED) is 0.516. The van der Waals surface area contributed by atoms with Gasteiger partial charge in [-0.25, -0.2) is 0 Å². The smallest absolute Gasteiger partial charge is 0.231 e. The van der Waals surface area contributed by atoms with Crippen LogP contribution in [0.2, 0.25) is 0 Å². The third kappa shape index (κ3) is 3.73. The zero-order valence-corrected chi connectivity index (χ0v) is 12.6. The monoisotopic (exact) mass is 313 g/mol. The van der Waals surface area contributed by atoms with Crippen LogP contribution in [0.3, 0.4) is 0 Å². The largest absolute Gasteiger partial charge is 0.454 e. The van der Waals surface area contributed by atoms with Gasteiger partial charge in [-0.15, -0.1) is 0 Å². The summed E-state index contributed by atoms with van der Waals surface area (Å²) in [6.45, 7) is 0.924. The minimum Gasteiger partial charge on any atom is -0.454 e. The summed E-state index contributed by atoms with van der Waals surface area (Å²) in [4.78, 5) is 0. The third-order valence-electron chi connectivity index (χ3n) is 3.07. The first-order valence-corrected chi connectivity index (χ1v) is 7.22. The highest BCUT2D eigenvalue weighted by molar-refractivity contribution is 7.80. The maximum Gasteiger partial charge on any atom is 0.231 e. The molecule has 0 amide bonds. The molecule has 112 valence electrons. The van der Waals surface area contributed by atoms with E-state index in [1.807, 2.05) is 48.5 Å². The average molecular weight is 313 g/mol. The second kappa shape index (κ2) is 6.91. The van der Waals surface area contributed by atoms with Crippen LogP contribution in [0, 0.1) is 0 Å². The van der Waals surface area contributed by atoms with Crippen LogP contribution < -0.4 is 20.2 Å². The van der Waals surface area contributed by atoms with E-state index in [1.54, 1.807) is 6.21 Å². The van der Waals surface area contributed by atoms with Gasteiger partial charge in [-0.3, -0.25) is 5.43 Å². The maximum atomic E-state index is 5.31. The van der Waals surface area contributed by atoms with Crippen molar-refractivity contribution < 1.29 is 9.47 Å². The Morgan fingerprint density at radius 1 is 1.14 bits per heavy atom. The van der Waals surface area contributed by atoms with E-state index in [0.717, 1.165) is 22.6 Å². The molecule has 2 aromatic carbocycles. The van der Waals surface area contributed by atoms with Gasteiger partial charge in [0.25, 0.3) is 0 Å². The van der Waals surface area contributed by atoms with E-state index in [1.165, 1.54) is 0 Å². The number of fused-ring (bicyclic) bond motifs is 1. The van der Waals surface area contributed by atoms with Gasteiger partial charge >= 0.3 is 0 Å². The van der Waals surface area contributed by atoms with E-state index in [4.69, 9.17) is 21.7 Å². The fourth-order valence-corrected chi connectivity index (χ4v) is 2.10. The Morgan fingerprint density at radius 2 is 1.95 bits per heavy atom. The molecule has 3 rings (SSSR count). The highest BCUT2D eigenvalue weighted by atomic mass is 32.1. The molecule has 1 aliphatic rings. The molecule has 0 saturated carbocycles. The number of thiocarbonyl (C=S) groups is 1. The van der Waals surface area contributed by atoms with Crippen LogP contribution in [0.15, 0.2) is 53.6 Å². The molecule has 6 heteroatoms. The molecule has 0 fully saturated rings. The summed E-state index contributed by atoms with van der Waals surface area (Å²) < 4.78 is 10.6. The number of hydrogen-bond acceptors (Lipinski definition) is 4. The average Bonchev–Trinajstić information content (AvgIpc) is 3.02. The van der Waals surface area contributed by atoms with Gasteiger partial charge in [0.2, 0.25) is 6.79 Å². The Labute approximate surface area is 133 Å². The molecule has 1 heterocycles. The van der Waals surface area contributed by atoms with Crippen molar-refractivity contribution in [1.29, 1.82) is 0 Å². The first kappa shape index (κ1) is 14.3. The lowest BCUT2D eigenvalue weighted by Gasteiger charge is -2.06. The van der Waals surface area contributed by atoms with Gasteiger partial charge in [-0.1, -0.05) is 30.3 Å². The summed E-state index contributed by atoms with van der Waals surface area (Å²) in [5.74, 6) is 1.49. The summed E-state index contributed by atoms with van der Waals surface area (Å²) >= 11 is 5.17. The third-order valence-corrected chi connectivity index (χ3v) is 3.31. The summed E-state index contributed by atoms with van der Waals surface area (Å²) in [5.41, 5.74) is 4.85. The van der Waals surface area contributed by atoms with Crippen molar-refractivity contribution in [1.82, 2.24) is 10.7 Å². The van der Waals surface area contributed by atoms with Gasteiger partial charge < -0.3 is 14.8 Å². The molecule has 0 aromatic heterocycles. The van der Waals surface area contributed by atoms with Crippen LogP contribution in [0.5, 0.6) is 11.5 Å². The molecule has 2 aromatic rings. The van der Waals surface area contributed by atoms with Crippen molar-refractivity contribution in [3.05, 3.63) is 59.7 Å². The van der Waals surface area contributed by atoms with E-state index < -0.39 is 0 Å². The Hall–Kier alpha value is -2.60. The Balaban J connectivity index is 1.48. The standard InChI is InChI=1S/C16H15N3O2S/c22-16(17-9-12-4-2-1-3-5-12)19-18-10-13-6-7-14-15(8-13)21-11-20-14/h1-8,10H,9,11H2,(H2,17,19,22). The van der Waals surface area contributed by atoms with E-state index >= 15 is 0 Å². The first-order chi connectivity index (χ1) is 10.8. The first-order valence-electron chi connectivity index (χ1n) is 6.82. The number of hydrogen-bond donors (Lipinski definition) is 2. The molecular weight excluding hydrogens is 298 g/mol. The van der Waals surface area contributed by atoms with Gasteiger partial charge in [0.05, 0.1) is 6.21 Å². The van der Waals surface area contributed by atoms with Crippen LogP contribution >= 0.6 is 12.2 Å². The molecule has 0 saturated heterocycles. The van der Waals surface area contributed by atoms with Crippen LogP contribution in [0.1, 0.15) is 11.1 Å². The molecule has 0 radical (unpaired) electrons. The van der Waals surface area contributed by atoms with Crippen LogP contribution in [-0.2, 0) is 6.54 Å². The highest BCUT2D eigenvalue weighted by Gasteiger charge is 2.12. The lowest BCUT2D eigenvalue weighted by molar-refractivity contribution is 0.174. The van der Waals surface area contributed by atoms with Crippen molar-refractivity contribution >= 4 is 23.5 Å². The number of nitrogens with zero attached hydrogens (tertiary/aromatic N) is 1. The van der Waals surface area contributed by atoms with Gasteiger partial charge in [0.1, 0.15) is 0 Å². The van der Waals surface area contributed by atoms with Gasteiger partial charge in [0.15, 0.2) is 16.6 Å². The van der Waals surface area contributed by atoms with Crippen molar-refractivity contribution in [2.75, 3.05) is 6.79 Å². The van der Waals surface area contributed by atoms with Gasteiger partial charge in [-0.2, -0.15) is 5.10 Å². The molecule has 22 heavy (non-hydrogen) atoms. The summed E-state index contributed by atoms with van der Waals surface area (Å²) in [6, 6.07) is 15.7. The number of hydrazone groups is 1. The highest BCUT2D eigenvalue weighted by Crippen LogP contribution is 2.31. The van der Waals surface area contributed by atoms with Gasteiger partial charge in [-0.05, 0) is 41.5 Å². The number of benzene rings is 2. The fraction of sp³-hybridized carbons (Fsp3) is 0.125. The van der Waals surface area contributed by atoms with Crippen LogP contribution in [0.25, 0.3) is 0 Å². The predicted molar refractivity (Wildman–Crippen MR) is 89.2 cm³/mol. The Morgan fingerprint density at radius 3 is 2.82 bits per heavy atom. The zero-order valence-electron chi connectivity index (χ0n) is 11.8. The second-order valence-electron chi connectivity index (χ2n) is 4.65. The molecular formula is C16H15N3O2S. The lowest BCUT2D eigenvalue weighted by atomic mass is 10.2. The zero-order chi connectivity index (χ0) is 15.2. The van der Waals surface area contributed by atoms with Crippen LogP contribution in [0.4, 0.5) is 0 Å². The van der Waals surface area contributed by atoms with E-state index in [9.17, 15) is 0 Å². The summed E-state index contributed by atoms with van der Waals surface area (Å²) in [7, 11) is 0. The molecule has 0 bridgehead atoms. The van der Waals surface area contributed by atoms with Crippen LogP contribution in [-0.4, -0.2) is 18.1 Å². The second-order valence-corrected chi connectivity index (χ2v) is 5.06.